The first-order valence-electron chi connectivity index (χ1n) is 7.33. The summed E-state index contributed by atoms with van der Waals surface area (Å²) in [6.07, 6.45) is -0.412. The van der Waals surface area contributed by atoms with Gasteiger partial charge in [0.2, 0.25) is 9.84 Å². The molecular weight excluding hydrogens is 369 g/mol. The number of sulfone groups is 1. The maximum absolute atomic E-state index is 14.5. The number of benzene rings is 2. The normalized spacial score (nSPS) is 16.4. The van der Waals surface area contributed by atoms with Gasteiger partial charge in [0.05, 0.1) is 22.7 Å². The molecule has 1 aliphatic heterocycles. The third-order valence-electron chi connectivity index (χ3n) is 3.98. The molecule has 130 valence electrons. The minimum absolute atomic E-state index is 0.0462. The summed E-state index contributed by atoms with van der Waals surface area (Å²) >= 11 is 5.78. The first kappa shape index (κ1) is 17.6. The molecule has 1 N–H and O–H groups in total. The van der Waals surface area contributed by atoms with Crippen LogP contribution in [0, 0.1) is 5.82 Å². The van der Waals surface area contributed by atoms with Gasteiger partial charge in [0.1, 0.15) is 10.7 Å². The zero-order valence-electron chi connectivity index (χ0n) is 13.0. The van der Waals surface area contributed by atoms with Gasteiger partial charge in [0.15, 0.2) is 0 Å². The van der Waals surface area contributed by atoms with Gasteiger partial charge in [-0.2, -0.15) is 0 Å². The molecule has 0 saturated heterocycles. The summed E-state index contributed by atoms with van der Waals surface area (Å²) in [5, 5.41) is 9.78. The van der Waals surface area contributed by atoms with Crippen molar-refractivity contribution in [1.29, 1.82) is 0 Å². The highest BCUT2D eigenvalue weighted by Gasteiger charge is 2.29. The molecule has 0 fully saturated rings. The molecule has 8 heteroatoms. The molecule has 0 radical (unpaired) electrons. The fourth-order valence-electron chi connectivity index (χ4n) is 2.85. The van der Waals surface area contributed by atoms with Gasteiger partial charge in [0, 0.05) is 10.2 Å². The van der Waals surface area contributed by atoms with E-state index in [0.717, 1.165) is 6.07 Å². The number of carboxylic acid groups (broad SMARTS) is 1. The number of carbonyl (C=O) groups is 1. The van der Waals surface area contributed by atoms with Crippen molar-refractivity contribution in [2.45, 2.75) is 29.2 Å². The minimum Gasteiger partial charge on any atom is -0.481 e. The van der Waals surface area contributed by atoms with Gasteiger partial charge in [-0.25, -0.2) is 12.8 Å². The Balaban J connectivity index is 2.38. The third kappa shape index (κ3) is 3.05. The van der Waals surface area contributed by atoms with E-state index in [9.17, 15) is 17.6 Å². The van der Waals surface area contributed by atoms with Crippen molar-refractivity contribution in [2.24, 2.45) is 4.99 Å². The van der Waals surface area contributed by atoms with E-state index in [-0.39, 0.29) is 21.0 Å². The number of carboxylic acids is 1. The van der Waals surface area contributed by atoms with Gasteiger partial charge in [0.25, 0.3) is 0 Å². The smallest absolute Gasteiger partial charge is 0.307 e. The van der Waals surface area contributed by atoms with Crippen LogP contribution >= 0.6 is 11.6 Å². The molecule has 1 heterocycles. The van der Waals surface area contributed by atoms with Crippen molar-refractivity contribution in [2.75, 3.05) is 0 Å². The molecular formula is C17H13ClFNO4S. The Labute approximate surface area is 148 Å². The second-order valence-corrected chi connectivity index (χ2v) is 7.95. The van der Waals surface area contributed by atoms with E-state index < -0.39 is 39.0 Å². The molecule has 0 spiro atoms. The van der Waals surface area contributed by atoms with Crippen molar-refractivity contribution >= 4 is 33.0 Å². The number of nitrogens with zero attached hydrogens (tertiary/aromatic N) is 1. The third-order valence-corrected chi connectivity index (χ3v) is 6.06. The summed E-state index contributed by atoms with van der Waals surface area (Å²) in [5.74, 6) is -2.08. The summed E-state index contributed by atoms with van der Waals surface area (Å²) in [6, 6.07) is 7.20. The number of aliphatic carboxylic acids is 1. The minimum atomic E-state index is -4.21. The average Bonchev–Trinajstić information content (AvgIpc) is 2.83. The molecule has 0 aromatic heterocycles. The number of fused-ring (bicyclic) bond motifs is 1. The predicted octanol–water partition coefficient (Wildman–Crippen LogP) is 1.96. The van der Waals surface area contributed by atoms with E-state index in [0.29, 0.717) is 5.02 Å². The van der Waals surface area contributed by atoms with Gasteiger partial charge >= 0.3 is 5.97 Å². The molecule has 0 aliphatic carbocycles. The highest BCUT2D eigenvalue weighted by molar-refractivity contribution is 7.91. The van der Waals surface area contributed by atoms with Crippen LogP contribution in [0.4, 0.5) is 4.39 Å². The average molecular weight is 382 g/mol. The topological polar surface area (TPSA) is 83.8 Å². The molecule has 1 aliphatic rings. The van der Waals surface area contributed by atoms with Crippen LogP contribution in [0.5, 0.6) is 0 Å². The van der Waals surface area contributed by atoms with Crippen LogP contribution in [0.1, 0.15) is 13.3 Å². The van der Waals surface area contributed by atoms with Crippen LogP contribution < -0.4 is 10.6 Å². The monoisotopic (exact) mass is 381 g/mol. The Kier molecular flexibility index (Phi) is 4.38. The molecule has 0 saturated carbocycles. The Morgan fingerprint density at radius 1 is 1.24 bits per heavy atom. The van der Waals surface area contributed by atoms with Crippen LogP contribution in [-0.2, 0) is 14.6 Å². The molecule has 0 amide bonds. The fourth-order valence-corrected chi connectivity index (χ4v) is 4.54. The van der Waals surface area contributed by atoms with Crippen LogP contribution in [0.15, 0.2) is 51.2 Å². The Morgan fingerprint density at radius 3 is 2.48 bits per heavy atom. The molecule has 3 rings (SSSR count). The standard InChI is InChI=1S/C17H13ClFNO4S/c1-9-12(8-15(21)22)16-14(20-9)7-6-13(19)17(16)25(23,24)11-4-2-10(18)3-5-11/h2-7,9H,8H2,1H3,(H,21,22). The van der Waals surface area contributed by atoms with Gasteiger partial charge in [-0.3, -0.25) is 9.79 Å². The molecule has 5 nitrogen and oxygen atoms in total. The molecule has 2 aromatic carbocycles. The van der Waals surface area contributed by atoms with Crippen molar-refractivity contribution in [3.05, 3.63) is 57.8 Å². The number of rotatable bonds is 4. The van der Waals surface area contributed by atoms with Crippen molar-refractivity contribution in [1.82, 2.24) is 0 Å². The predicted molar refractivity (Wildman–Crippen MR) is 89.2 cm³/mol. The maximum atomic E-state index is 14.5. The SMILES string of the molecule is CC1N=c2ccc(F)c(S(=O)(=O)c3ccc(Cl)cc3)c2=C1CC(=O)O. The van der Waals surface area contributed by atoms with Crippen LogP contribution in [0.2, 0.25) is 5.02 Å². The van der Waals surface area contributed by atoms with Gasteiger partial charge in [-0.05, 0) is 48.9 Å². The van der Waals surface area contributed by atoms with Crippen LogP contribution in [-0.4, -0.2) is 25.5 Å². The molecule has 25 heavy (non-hydrogen) atoms. The number of halogens is 2. The van der Waals surface area contributed by atoms with Crippen molar-refractivity contribution in [3.63, 3.8) is 0 Å². The molecule has 0 bridgehead atoms. The number of hydrogen-bond acceptors (Lipinski definition) is 4. The highest BCUT2D eigenvalue weighted by Crippen LogP contribution is 2.24. The van der Waals surface area contributed by atoms with E-state index in [1.165, 1.54) is 30.3 Å². The lowest BCUT2D eigenvalue weighted by atomic mass is 10.0. The first-order chi connectivity index (χ1) is 11.7. The largest absolute Gasteiger partial charge is 0.481 e. The van der Waals surface area contributed by atoms with E-state index in [1.54, 1.807) is 6.92 Å². The Morgan fingerprint density at radius 2 is 1.88 bits per heavy atom. The van der Waals surface area contributed by atoms with E-state index in [1.807, 2.05) is 0 Å². The van der Waals surface area contributed by atoms with Crippen molar-refractivity contribution in [3.8, 4) is 0 Å². The second-order valence-electron chi connectivity index (χ2n) is 5.63. The zero-order chi connectivity index (χ0) is 18.4. The van der Waals surface area contributed by atoms with Gasteiger partial charge < -0.3 is 5.11 Å². The molecule has 1 unspecified atom stereocenters. The summed E-state index contributed by atoms with van der Waals surface area (Å²) in [6.45, 7) is 1.65. The maximum Gasteiger partial charge on any atom is 0.307 e. The van der Waals surface area contributed by atoms with Crippen molar-refractivity contribution < 1.29 is 22.7 Å². The summed E-state index contributed by atoms with van der Waals surface area (Å²) < 4.78 is 40.5. The lowest BCUT2D eigenvalue weighted by Crippen LogP contribution is -2.32. The first-order valence-corrected chi connectivity index (χ1v) is 9.20. The van der Waals surface area contributed by atoms with E-state index >= 15 is 0 Å². The van der Waals surface area contributed by atoms with Crippen LogP contribution in [0.25, 0.3) is 5.57 Å². The Hall–Kier alpha value is -2.25. The summed E-state index contributed by atoms with van der Waals surface area (Å²) in [7, 11) is -4.21. The Bertz CT molecular complexity index is 1090. The number of hydrogen-bond donors (Lipinski definition) is 1. The zero-order valence-corrected chi connectivity index (χ0v) is 14.6. The summed E-state index contributed by atoms with van der Waals surface area (Å²) in [4.78, 5) is 14.7. The lowest BCUT2D eigenvalue weighted by molar-refractivity contribution is -0.135. The van der Waals surface area contributed by atoms with E-state index in [2.05, 4.69) is 4.99 Å². The molecule has 1 atom stereocenters. The van der Waals surface area contributed by atoms with Gasteiger partial charge in [-0.1, -0.05) is 11.6 Å². The quantitative estimate of drug-likeness (QED) is 0.877. The van der Waals surface area contributed by atoms with Gasteiger partial charge in [-0.15, -0.1) is 0 Å². The highest BCUT2D eigenvalue weighted by atomic mass is 35.5. The van der Waals surface area contributed by atoms with Crippen LogP contribution in [0.3, 0.4) is 0 Å². The fraction of sp³-hybridized carbons (Fsp3) is 0.176. The summed E-state index contributed by atoms with van der Waals surface area (Å²) in [5.41, 5.74) is 0.273. The lowest BCUT2D eigenvalue weighted by Gasteiger charge is -2.09. The second kappa shape index (κ2) is 6.24. The van der Waals surface area contributed by atoms with E-state index in [4.69, 9.17) is 16.7 Å². The molecule has 2 aromatic rings.